The van der Waals surface area contributed by atoms with E-state index in [9.17, 15) is 14.9 Å². The topological polar surface area (TPSA) is 98.9 Å². The Morgan fingerprint density at radius 1 is 1.19 bits per heavy atom. The van der Waals surface area contributed by atoms with E-state index in [0.717, 1.165) is 18.2 Å². The molecule has 1 N–H and O–H groups in total. The fourth-order valence-corrected chi connectivity index (χ4v) is 1.67. The smallest absolute Gasteiger partial charge is 0.335 e. The van der Waals surface area contributed by atoms with Crippen LogP contribution in [0.1, 0.15) is 10.4 Å². The highest BCUT2D eigenvalue weighted by atomic mass is 16.6. The molecule has 2 aromatic carbocycles. The maximum atomic E-state index is 11.0. The second-order valence-electron chi connectivity index (χ2n) is 4.03. The average Bonchev–Trinajstić information content (AvgIpc) is 2.47. The minimum Gasteiger partial charge on any atom is -0.497 e. The summed E-state index contributed by atoms with van der Waals surface area (Å²) in [6.45, 7) is 0. The van der Waals surface area contributed by atoms with E-state index in [0.29, 0.717) is 11.5 Å². The summed E-state index contributed by atoms with van der Waals surface area (Å²) in [4.78, 5) is 21.3. The van der Waals surface area contributed by atoms with Crippen molar-refractivity contribution < 1.29 is 24.3 Å². The number of hydrogen-bond acceptors (Lipinski definition) is 5. The highest BCUT2D eigenvalue weighted by molar-refractivity contribution is 5.88. The summed E-state index contributed by atoms with van der Waals surface area (Å²) in [5.74, 6) is -0.516. The molecule has 0 aromatic heterocycles. The van der Waals surface area contributed by atoms with Gasteiger partial charge in [0.1, 0.15) is 11.5 Å². The minimum absolute atomic E-state index is 0.0986. The molecule has 0 fully saturated rings. The van der Waals surface area contributed by atoms with Gasteiger partial charge in [-0.25, -0.2) is 4.79 Å². The molecule has 7 heteroatoms. The summed E-state index contributed by atoms with van der Waals surface area (Å²) >= 11 is 0. The fraction of sp³-hybridized carbons (Fsp3) is 0.0714. The molecule has 0 aliphatic heterocycles. The predicted octanol–water partition coefficient (Wildman–Crippen LogP) is 3.09. The molecule has 2 aromatic rings. The molecule has 0 radical (unpaired) electrons. The Hall–Kier alpha value is -3.09. The maximum absolute atomic E-state index is 11.0. The molecule has 0 saturated carbocycles. The van der Waals surface area contributed by atoms with Crippen LogP contribution in [-0.2, 0) is 0 Å². The molecule has 2 rings (SSSR count). The molecule has 0 amide bonds. The second kappa shape index (κ2) is 5.91. The van der Waals surface area contributed by atoms with Crippen molar-refractivity contribution in [3.05, 3.63) is 58.1 Å². The largest absolute Gasteiger partial charge is 0.497 e. The number of rotatable bonds is 5. The number of carboxylic acid groups (broad SMARTS) is 1. The molecule has 0 atom stereocenters. The van der Waals surface area contributed by atoms with E-state index in [1.165, 1.54) is 13.2 Å². The number of carbonyl (C=O) groups is 1. The first-order chi connectivity index (χ1) is 10.0. The molecule has 0 spiro atoms. The molecule has 0 bridgehead atoms. The van der Waals surface area contributed by atoms with Crippen molar-refractivity contribution in [2.45, 2.75) is 0 Å². The van der Waals surface area contributed by atoms with Crippen LogP contribution in [0.15, 0.2) is 42.5 Å². The number of nitro benzene ring substituents is 1. The third-order valence-electron chi connectivity index (χ3n) is 2.67. The molecule has 108 valence electrons. The lowest BCUT2D eigenvalue weighted by Crippen LogP contribution is -1.99. The highest BCUT2D eigenvalue weighted by Gasteiger charge is 2.18. The van der Waals surface area contributed by atoms with Crippen molar-refractivity contribution in [1.29, 1.82) is 0 Å². The Bertz CT molecular complexity index is 698. The second-order valence-corrected chi connectivity index (χ2v) is 4.03. The maximum Gasteiger partial charge on any atom is 0.335 e. The van der Waals surface area contributed by atoms with Crippen LogP contribution in [0.3, 0.4) is 0 Å². The quantitative estimate of drug-likeness (QED) is 0.670. The van der Waals surface area contributed by atoms with Crippen molar-refractivity contribution in [3.8, 4) is 17.2 Å². The van der Waals surface area contributed by atoms with Gasteiger partial charge < -0.3 is 14.6 Å². The van der Waals surface area contributed by atoms with Gasteiger partial charge >= 0.3 is 11.7 Å². The summed E-state index contributed by atoms with van der Waals surface area (Å²) in [6.07, 6.45) is 0. The SMILES string of the molecule is COc1cccc(Oc2cc(C(=O)O)ccc2[N+](=O)[O-])c1. The summed E-state index contributed by atoms with van der Waals surface area (Å²) in [5.41, 5.74) is -0.415. The zero-order chi connectivity index (χ0) is 15.4. The number of benzene rings is 2. The van der Waals surface area contributed by atoms with Crippen LogP contribution in [0.4, 0.5) is 5.69 Å². The predicted molar refractivity (Wildman–Crippen MR) is 73.1 cm³/mol. The van der Waals surface area contributed by atoms with Crippen molar-refractivity contribution in [2.75, 3.05) is 7.11 Å². The van der Waals surface area contributed by atoms with Crippen molar-refractivity contribution in [2.24, 2.45) is 0 Å². The zero-order valence-electron chi connectivity index (χ0n) is 11.0. The first-order valence-corrected chi connectivity index (χ1v) is 5.85. The van der Waals surface area contributed by atoms with E-state index in [1.54, 1.807) is 18.2 Å². The van der Waals surface area contributed by atoms with Crippen molar-refractivity contribution in [1.82, 2.24) is 0 Å². The van der Waals surface area contributed by atoms with Gasteiger partial charge in [-0.05, 0) is 18.2 Å². The van der Waals surface area contributed by atoms with Crippen LogP contribution < -0.4 is 9.47 Å². The molecule has 0 saturated heterocycles. The molecule has 7 nitrogen and oxygen atoms in total. The van der Waals surface area contributed by atoms with Crippen molar-refractivity contribution in [3.63, 3.8) is 0 Å². The Balaban J connectivity index is 2.42. The summed E-state index contributed by atoms with van der Waals surface area (Å²) in [6, 6.07) is 9.82. The van der Waals surface area contributed by atoms with Gasteiger partial charge in [0.25, 0.3) is 0 Å². The summed E-state index contributed by atoms with van der Waals surface area (Å²) in [7, 11) is 1.48. The number of nitro groups is 1. The molecule has 21 heavy (non-hydrogen) atoms. The van der Waals surface area contributed by atoms with E-state index in [4.69, 9.17) is 14.6 Å². The number of carboxylic acids is 1. The average molecular weight is 289 g/mol. The van der Waals surface area contributed by atoms with E-state index in [-0.39, 0.29) is 17.0 Å². The van der Waals surface area contributed by atoms with Gasteiger partial charge in [-0.15, -0.1) is 0 Å². The molecule has 0 unspecified atom stereocenters. The third-order valence-corrected chi connectivity index (χ3v) is 2.67. The van der Waals surface area contributed by atoms with Gasteiger partial charge in [0.2, 0.25) is 5.75 Å². The van der Waals surface area contributed by atoms with Gasteiger partial charge in [0.05, 0.1) is 17.6 Å². The zero-order valence-corrected chi connectivity index (χ0v) is 11.0. The fourth-order valence-electron chi connectivity index (χ4n) is 1.67. The Morgan fingerprint density at radius 2 is 1.90 bits per heavy atom. The van der Waals surface area contributed by atoms with Crippen LogP contribution in [0, 0.1) is 10.1 Å². The van der Waals surface area contributed by atoms with Crippen LogP contribution in [0.25, 0.3) is 0 Å². The van der Waals surface area contributed by atoms with Crippen LogP contribution in [-0.4, -0.2) is 23.1 Å². The van der Waals surface area contributed by atoms with Gasteiger partial charge in [-0.3, -0.25) is 10.1 Å². The Morgan fingerprint density at radius 3 is 2.52 bits per heavy atom. The van der Waals surface area contributed by atoms with Gasteiger partial charge in [-0.2, -0.15) is 0 Å². The number of ether oxygens (including phenoxy) is 2. The molecule has 0 heterocycles. The van der Waals surface area contributed by atoms with Gasteiger partial charge in [0.15, 0.2) is 0 Å². The lowest BCUT2D eigenvalue weighted by atomic mass is 10.2. The lowest BCUT2D eigenvalue weighted by molar-refractivity contribution is -0.385. The third kappa shape index (κ3) is 3.27. The minimum atomic E-state index is -1.19. The Labute approximate surface area is 119 Å². The summed E-state index contributed by atoms with van der Waals surface area (Å²) < 4.78 is 10.4. The molecule has 0 aliphatic carbocycles. The van der Waals surface area contributed by atoms with E-state index in [1.807, 2.05) is 0 Å². The monoisotopic (exact) mass is 289 g/mol. The molecular formula is C14H11NO6. The number of hydrogen-bond donors (Lipinski definition) is 1. The van der Waals surface area contributed by atoms with E-state index in [2.05, 4.69) is 0 Å². The van der Waals surface area contributed by atoms with Crippen LogP contribution in [0.5, 0.6) is 17.2 Å². The number of aromatic carboxylic acids is 1. The van der Waals surface area contributed by atoms with E-state index < -0.39 is 10.9 Å². The van der Waals surface area contributed by atoms with Crippen LogP contribution in [0.2, 0.25) is 0 Å². The number of methoxy groups -OCH3 is 1. The normalized spacial score (nSPS) is 9.95. The first-order valence-electron chi connectivity index (χ1n) is 5.85. The number of nitrogens with zero attached hydrogens (tertiary/aromatic N) is 1. The van der Waals surface area contributed by atoms with Crippen molar-refractivity contribution >= 4 is 11.7 Å². The molecule has 0 aliphatic rings. The molecular weight excluding hydrogens is 278 g/mol. The standard InChI is InChI=1S/C14H11NO6/c1-20-10-3-2-4-11(8-10)21-13-7-9(14(16)17)5-6-12(13)15(18)19/h2-8H,1H3,(H,16,17). The summed E-state index contributed by atoms with van der Waals surface area (Å²) in [5, 5.41) is 19.9. The highest BCUT2D eigenvalue weighted by Crippen LogP contribution is 2.33. The van der Waals surface area contributed by atoms with Gasteiger partial charge in [0, 0.05) is 18.2 Å². The lowest BCUT2D eigenvalue weighted by Gasteiger charge is -2.08. The van der Waals surface area contributed by atoms with Crippen LogP contribution >= 0.6 is 0 Å². The van der Waals surface area contributed by atoms with E-state index >= 15 is 0 Å². The first kappa shape index (κ1) is 14.3. The Kier molecular flexibility index (Phi) is 4.03. The van der Waals surface area contributed by atoms with Gasteiger partial charge in [-0.1, -0.05) is 6.07 Å².